The largest absolute Gasteiger partial charge is 0.381 e. The molecular weight excluding hydrogens is 263 g/mol. The molecule has 2 atom stereocenters. The summed E-state index contributed by atoms with van der Waals surface area (Å²) in [7, 11) is 0. The lowest BCUT2D eigenvalue weighted by atomic mass is 9.73. The number of halogens is 1. The number of hydrogen-bond acceptors (Lipinski definition) is 2. The number of hydrogen-bond donors (Lipinski definition) is 1. The van der Waals surface area contributed by atoms with Crippen LogP contribution in [0.4, 0.5) is 10.1 Å². The third-order valence-corrected chi connectivity index (χ3v) is 5.36. The monoisotopic (exact) mass is 290 g/mol. The normalized spacial score (nSPS) is 29.7. The summed E-state index contributed by atoms with van der Waals surface area (Å²) in [6.07, 6.45) is 3.94. The molecule has 2 fully saturated rings. The van der Waals surface area contributed by atoms with Gasteiger partial charge in [-0.25, -0.2) is 4.39 Å². The van der Waals surface area contributed by atoms with Crippen molar-refractivity contribution in [2.45, 2.75) is 52.1 Å². The van der Waals surface area contributed by atoms with Gasteiger partial charge in [0.15, 0.2) is 0 Å². The van der Waals surface area contributed by atoms with Crippen LogP contribution in [0.3, 0.4) is 0 Å². The van der Waals surface area contributed by atoms with E-state index in [0.29, 0.717) is 23.9 Å². The average molecular weight is 290 g/mol. The van der Waals surface area contributed by atoms with E-state index in [9.17, 15) is 4.39 Å². The van der Waals surface area contributed by atoms with Crippen molar-refractivity contribution in [3.63, 3.8) is 0 Å². The quantitative estimate of drug-likeness (QED) is 0.903. The number of benzene rings is 1. The SMILES string of the molecule is Cc1ccc(F)cc1NC1C2CCCC1CN(C(C)C)C2. The van der Waals surface area contributed by atoms with Crippen LogP contribution in [0.2, 0.25) is 0 Å². The van der Waals surface area contributed by atoms with Crippen LogP contribution in [-0.4, -0.2) is 30.1 Å². The minimum atomic E-state index is -0.145. The molecule has 1 aliphatic heterocycles. The Morgan fingerprint density at radius 2 is 1.86 bits per heavy atom. The van der Waals surface area contributed by atoms with Crippen molar-refractivity contribution in [3.05, 3.63) is 29.6 Å². The van der Waals surface area contributed by atoms with E-state index in [1.165, 1.54) is 32.4 Å². The van der Waals surface area contributed by atoms with Crippen LogP contribution in [0.5, 0.6) is 0 Å². The molecule has 1 aromatic rings. The molecule has 3 rings (SSSR count). The smallest absolute Gasteiger partial charge is 0.125 e. The molecule has 1 saturated heterocycles. The van der Waals surface area contributed by atoms with Gasteiger partial charge in [-0.1, -0.05) is 12.5 Å². The Labute approximate surface area is 127 Å². The molecule has 116 valence electrons. The topological polar surface area (TPSA) is 15.3 Å². The third-order valence-electron chi connectivity index (χ3n) is 5.36. The zero-order valence-corrected chi connectivity index (χ0v) is 13.4. The first-order valence-corrected chi connectivity index (χ1v) is 8.31. The van der Waals surface area contributed by atoms with Gasteiger partial charge in [-0.2, -0.15) is 0 Å². The van der Waals surface area contributed by atoms with Crippen LogP contribution in [0.15, 0.2) is 18.2 Å². The van der Waals surface area contributed by atoms with Gasteiger partial charge in [-0.15, -0.1) is 0 Å². The van der Waals surface area contributed by atoms with Gasteiger partial charge < -0.3 is 10.2 Å². The van der Waals surface area contributed by atoms with Crippen LogP contribution < -0.4 is 5.32 Å². The highest BCUT2D eigenvalue weighted by Gasteiger charge is 2.40. The first kappa shape index (κ1) is 14.8. The maximum Gasteiger partial charge on any atom is 0.125 e. The second-order valence-electron chi connectivity index (χ2n) is 7.13. The van der Waals surface area contributed by atoms with Gasteiger partial charge in [0.2, 0.25) is 0 Å². The molecule has 1 saturated carbocycles. The highest BCUT2D eigenvalue weighted by Crippen LogP contribution is 2.37. The standard InChI is InChI=1S/C18H27FN2/c1-12(2)21-10-14-5-4-6-15(11-21)18(14)20-17-9-16(19)8-7-13(17)3/h7-9,12,14-15,18,20H,4-6,10-11H2,1-3H3. The van der Waals surface area contributed by atoms with Crippen molar-refractivity contribution in [2.75, 3.05) is 18.4 Å². The molecular formula is C18H27FN2. The summed E-state index contributed by atoms with van der Waals surface area (Å²) < 4.78 is 13.5. The van der Waals surface area contributed by atoms with Crippen LogP contribution in [0, 0.1) is 24.6 Å². The van der Waals surface area contributed by atoms with Crippen molar-refractivity contribution >= 4 is 5.69 Å². The third kappa shape index (κ3) is 3.08. The maximum absolute atomic E-state index is 13.5. The zero-order valence-electron chi connectivity index (χ0n) is 13.4. The van der Waals surface area contributed by atoms with E-state index in [4.69, 9.17) is 0 Å². The lowest BCUT2D eigenvalue weighted by molar-refractivity contribution is 0.0518. The minimum Gasteiger partial charge on any atom is -0.381 e. The summed E-state index contributed by atoms with van der Waals surface area (Å²) in [5, 5.41) is 3.68. The van der Waals surface area contributed by atoms with E-state index in [2.05, 4.69) is 31.0 Å². The molecule has 1 aliphatic carbocycles. The van der Waals surface area contributed by atoms with Crippen LogP contribution in [-0.2, 0) is 0 Å². The summed E-state index contributed by atoms with van der Waals surface area (Å²) in [5.41, 5.74) is 2.12. The Hall–Kier alpha value is -1.09. The van der Waals surface area contributed by atoms with E-state index in [1.807, 2.05) is 6.07 Å². The lowest BCUT2D eigenvalue weighted by Gasteiger charge is -2.49. The molecule has 0 amide bonds. The van der Waals surface area contributed by atoms with E-state index < -0.39 is 0 Å². The lowest BCUT2D eigenvalue weighted by Crippen LogP contribution is -2.56. The highest BCUT2D eigenvalue weighted by molar-refractivity contribution is 5.51. The summed E-state index contributed by atoms with van der Waals surface area (Å²) >= 11 is 0. The van der Waals surface area contributed by atoms with Crippen molar-refractivity contribution in [1.29, 1.82) is 0 Å². The fraction of sp³-hybridized carbons (Fsp3) is 0.667. The number of fused-ring (bicyclic) bond motifs is 2. The second kappa shape index (κ2) is 5.96. The van der Waals surface area contributed by atoms with Gasteiger partial charge in [0, 0.05) is 30.9 Å². The molecule has 2 bridgehead atoms. The molecule has 21 heavy (non-hydrogen) atoms. The fourth-order valence-electron chi connectivity index (χ4n) is 4.06. The fourth-order valence-corrected chi connectivity index (χ4v) is 4.06. The first-order valence-electron chi connectivity index (χ1n) is 8.31. The summed E-state index contributed by atoms with van der Waals surface area (Å²) in [5.74, 6) is 1.25. The van der Waals surface area contributed by atoms with Gasteiger partial charge in [0.25, 0.3) is 0 Å². The molecule has 2 unspecified atom stereocenters. The summed E-state index contributed by atoms with van der Waals surface area (Å²) in [6, 6.07) is 6.21. The Balaban J connectivity index is 1.78. The van der Waals surface area contributed by atoms with E-state index >= 15 is 0 Å². The molecule has 2 aliphatic rings. The van der Waals surface area contributed by atoms with Crippen LogP contribution in [0.25, 0.3) is 0 Å². The zero-order chi connectivity index (χ0) is 15.0. The highest BCUT2D eigenvalue weighted by atomic mass is 19.1. The molecule has 0 radical (unpaired) electrons. The van der Waals surface area contributed by atoms with Crippen LogP contribution >= 0.6 is 0 Å². The van der Waals surface area contributed by atoms with E-state index in [1.54, 1.807) is 12.1 Å². The van der Waals surface area contributed by atoms with Crippen molar-refractivity contribution in [3.8, 4) is 0 Å². The molecule has 1 aromatic carbocycles. The van der Waals surface area contributed by atoms with Crippen LogP contribution in [0.1, 0.15) is 38.7 Å². The van der Waals surface area contributed by atoms with Crippen molar-refractivity contribution in [2.24, 2.45) is 11.8 Å². The van der Waals surface area contributed by atoms with Gasteiger partial charge in [-0.05, 0) is 63.1 Å². The van der Waals surface area contributed by atoms with Gasteiger partial charge in [0.05, 0.1) is 0 Å². The number of rotatable bonds is 3. The summed E-state index contributed by atoms with van der Waals surface area (Å²) in [6.45, 7) is 9.00. The van der Waals surface area contributed by atoms with E-state index in [0.717, 1.165) is 11.3 Å². The Morgan fingerprint density at radius 1 is 1.19 bits per heavy atom. The molecule has 1 heterocycles. The first-order chi connectivity index (χ1) is 10.0. The number of nitrogens with one attached hydrogen (secondary N) is 1. The number of aryl methyl sites for hydroxylation is 1. The number of anilines is 1. The Kier molecular flexibility index (Phi) is 4.21. The van der Waals surface area contributed by atoms with E-state index in [-0.39, 0.29) is 5.82 Å². The molecule has 2 nitrogen and oxygen atoms in total. The maximum atomic E-state index is 13.5. The Morgan fingerprint density at radius 3 is 2.48 bits per heavy atom. The molecule has 1 N–H and O–H groups in total. The van der Waals surface area contributed by atoms with Gasteiger partial charge in [0.1, 0.15) is 5.82 Å². The molecule has 0 spiro atoms. The molecule has 3 heteroatoms. The number of nitrogens with zero attached hydrogens (tertiary/aromatic N) is 1. The molecule has 0 aromatic heterocycles. The Bertz CT molecular complexity index is 486. The summed E-state index contributed by atoms with van der Waals surface area (Å²) in [4.78, 5) is 2.62. The van der Waals surface area contributed by atoms with Gasteiger partial charge >= 0.3 is 0 Å². The predicted octanol–water partition coefficient (Wildman–Crippen LogP) is 4.05. The predicted molar refractivity (Wildman–Crippen MR) is 86.1 cm³/mol. The van der Waals surface area contributed by atoms with Crippen molar-refractivity contribution in [1.82, 2.24) is 4.90 Å². The number of likely N-dealkylation sites (tertiary alicyclic amines) is 1. The minimum absolute atomic E-state index is 0.145. The second-order valence-corrected chi connectivity index (χ2v) is 7.13. The number of piperidine rings is 1. The van der Waals surface area contributed by atoms with Gasteiger partial charge in [-0.3, -0.25) is 0 Å². The average Bonchev–Trinajstić information content (AvgIpc) is 2.42. The van der Waals surface area contributed by atoms with Crippen molar-refractivity contribution < 1.29 is 4.39 Å².